The standard InChI is InChI=1S/C45H86O6/c1-6-7-8-9-18-27-32-37-45(48)51-42(39-50-44(47)36-31-26-22-17-16-20-24-29-34-41(4)5)38-49-43(46)35-30-25-21-15-13-11-10-12-14-19-23-28-33-40(2)3/h40-42H,6-39H2,1-5H3/t42-/m0/s1. The van der Waals surface area contributed by atoms with Crippen LogP contribution in [0.5, 0.6) is 0 Å². The maximum Gasteiger partial charge on any atom is 0.306 e. The summed E-state index contributed by atoms with van der Waals surface area (Å²) < 4.78 is 16.6. The predicted molar refractivity (Wildman–Crippen MR) is 215 cm³/mol. The van der Waals surface area contributed by atoms with E-state index in [9.17, 15) is 14.4 Å². The zero-order valence-electron chi connectivity index (χ0n) is 34.7. The predicted octanol–water partition coefficient (Wildman–Crippen LogP) is 13.8. The Morgan fingerprint density at radius 3 is 0.961 bits per heavy atom. The molecule has 0 aromatic heterocycles. The maximum atomic E-state index is 12.6. The number of carbonyl (C=O) groups is 3. The van der Waals surface area contributed by atoms with E-state index < -0.39 is 6.10 Å². The van der Waals surface area contributed by atoms with E-state index in [1.165, 1.54) is 128 Å². The molecule has 6 nitrogen and oxygen atoms in total. The molecule has 0 rings (SSSR count). The normalized spacial score (nSPS) is 12.1. The molecule has 302 valence electrons. The van der Waals surface area contributed by atoms with Crippen LogP contribution in [-0.4, -0.2) is 37.2 Å². The lowest BCUT2D eigenvalue weighted by atomic mass is 10.0. The maximum absolute atomic E-state index is 12.6. The minimum Gasteiger partial charge on any atom is -0.462 e. The van der Waals surface area contributed by atoms with Crippen LogP contribution in [0.1, 0.15) is 240 Å². The summed E-state index contributed by atoms with van der Waals surface area (Å²) in [5, 5.41) is 0. The third-order valence-electron chi connectivity index (χ3n) is 9.97. The van der Waals surface area contributed by atoms with Crippen molar-refractivity contribution in [1.82, 2.24) is 0 Å². The Hall–Kier alpha value is -1.59. The monoisotopic (exact) mass is 723 g/mol. The van der Waals surface area contributed by atoms with Crippen LogP contribution in [-0.2, 0) is 28.6 Å². The zero-order chi connectivity index (χ0) is 37.6. The number of rotatable bonds is 39. The SMILES string of the molecule is CCCCCCCCCC(=O)O[C@@H](COC(=O)CCCCCCCCCCCCCCC(C)C)COC(=O)CCCCCCCCCCC(C)C. The zero-order valence-corrected chi connectivity index (χ0v) is 34.7. The van der Waals surface area contributed by atoms with Crippen molar-refractivity contribution in [3.63, 3.8) is 0 Å². The Bertz CT molecular complexity index is 779. The van der Waals surface area contributed by atoms with Crippen molar-refractivity contribution in [2.24, 2.45) is 11.8 Å². The summed E-state index contributed by atoms with van der Waals surface area (Å²) in [6.07, 6.45) is 35.3. The van der Waals surface area contributed by atoms with Crippen molar-refractivity contribution in [2.45, 2.75) is 246 Å². The summed E-state index contributed by atoms with van der Waals surface area (Å²) in [4.78, 5) is 37.5. The van der Waals surface area contributed by atoms with Gasteiger partial charge in [0.15, 0.2) is 6.10 Å². The molecule has 0 heterocycles. The number of ether oxygens (including phenoxy) is 3. The molecule has 0 spiro atoms. The summed E-state index contributed by atoms with van der Waals surface area (Å²) >= 11 is 0. The summed E-state index contributed by atoms with van der Waals surface area (Å²) in [6.45, 7) is 11.3. The van der Waals surface area contributed by atoms with Gasteiger partial charge in [-0.1, -0.05) is 202 Å². The number of esters is 3. The van der Waals surface area contributed by atoms with Gasteiger partial charge in [-0.3, -0.25) is 14.4 Å². The molecule has 0 amide bonds. The molecule has 0 radical (unpaired) electrons. The van der Waals surface area contributed by atoms with Gasteiger partial charge in [-0.25, -0.2) is 0 Å². The van der Waals surface area contributed by atoms with E-state index in [1.54, 1.807) is 0 Å². The Morgan fingerprint density at radius 1 is 0.373 bits per heavy atom. The molecule has 51 heavy (non-hydrogen) atoms. The van der Waals surface area contributed by atoms with Gasteiger partial charge in [0.05, 0.1) is 0 Å². The molecule has 6 heteroatoms. The molecule has 0 fully saturated rings. The highest BCUT2D eigenvalue weighted by Crippen LogP contribution is 2.16. The van der Waals surface area contributed by atoms with E-state index in [-0.39, 0.29) is 31.1 Å². The van der Waals surface area contributed by atoms with Crippen LogP contribution in [0.3, 0.4) is 0 Å². The van der Waals surface area contributed by atoms with Gasteiger partial charge in [-0.05, 0) is 31.1 Å². The van der Waals surface area contributed by atoms with E-state index in [0.717, 1.165) is 69.6 Å². The molecule has 0 aromatic rings. The second kappa shape index (κ2) is 38.1. The lowest BCUT2D eigenvalue weighted by molar-refractivity contribution is -0.167. The largest absolute Gasteiger partial charge is 0.462 e. The van der Waals surface area contributed by atoms with Gasteiger partial charge in [0.2, 0.25) is 0 Å². The smallest absolute Gasteiger partial charge is 0.306 e. The Morgan fingerprint density at radius 2 is 0.647 bits per heavy atom. The molecule has 0 saturated carbocycles. The highest BCUT2D eigenvalue weighted by Gasteiger charge is 2.19. The van der Waals surface area contributed by atoms with E-state index in [4.69, 9.17) is 14.2 Å². The van der Waals surface area contributed by atoms with Crippen molar-refractivity contribution in [2.75, 3.05) is 13.2 Å². The lowest BCUT2D eigenvalue weighted by Crippen LogP contribution is -2.30. The van der Waals surface area contributed by atoms with Crippen molar-refractivity contribution >= 4 is 17.9 Å². The van der Waals surface area contributed by atoms with Crippen LogP contribution in [0.15, 0.2) is 0 Å². The highest BCUT2D eigenvalue weighted by molar-refractivity contribution is 5.71. The molecule has 1 atom stereocenters. The Kier molecular flexibility index (Phi) is 37.0. The van der Waals surface area contributed by atoms with Crippen molar-refractivity contribution in [3.8, 4) is 0 Å². The second-order valence-electron chi connectivity index (χ2n) is 16.3. The molecular weight excluding hydrogens is 636 g/mol. The van der Waals surface area contributed by atoms with Crippen LogP contribution < -0.4 is 0 Å². The fraction of sp³-hybridized carbons (Fsp3) is 0.933. The first-order chi connectivity index (χ1) is 24.7. The Labute approximate surface area is 317 Å². The van der Waals surface area contributed by atoms with Crippen molar-refractivity contribution < 1.29 is 28.6 Å². The number of unbranched alkanes of at least 4 members (excludes halogenated alkanes) is 24. The minimum atomic E-state index is -0.759. The Balaban J connectivity index is 4.23. The molecule has 0 unspecified atom stereocenters. The van der Waals surface area contributed by atoms with Gasteiger partial charge < -0.3 is 14.2 Å². The van der Waals surface area contributed by atoms with Gasteiger partial charge in [0.25, 0.3) is 0 Å². The average Bonchev–Trinajstić information content (AvgIpc) is 3.09. The van der Waals surface area contributed by atoms with Crippen molar-refractivity contribution in [3.05, 3.63) is 0 Å². The summed E-state index contributed by atoms with van der Waals surface area (Å²) in [6, 6.07) is 0. The van der Waals surface area contributed by atoms with Gasteiger partial charge >= 0.3 is 17.9 Å². The quantitative estimate of drug-likeness (QED) is 0.0357. The molecule has 0 bridgehead atoms. The third-order valence-corrected chi connectivity index (χ3v) is 9.97. The van der Waals surface area contributed by atoms with Crippen LogP contribution in [0.4, 0.5) is 0 Å². The molecule has 0 N–H and O–H groups in total. The van der Waals surface area contributed by atoms with E-state index >= 15 is 0 Å². The topological polar surface area (TPSA) is 78.9 Å². The highest BCUT2D eigenvalue weighted by atomic mass is 16.6. The van der Waals surface area contributed by atoms with E-state index in [1.807, 2.05) is 0 Å². The first-order valence-corrected chi connectivity index (χ1v) is 22.2. The molecule has 0 saturated heterocycles. The van der Waals surface area contributed by atoms with E-state index in [2.05, 4.69) is 34.6 Å². The number of carbonyl (C=O) groups excluding carboxylic acids is 3. The summed E-state index contributed by atoms with van der Waals surface area (Å²) in [5.41, 5.74) is 0. The fourth-order valence-corrected chi connectivity index (χ4v) is 6.58. The average molecular weight is 723 g/mol. The van der Waals surface area contributed by atoms with E-state index in [0.29, 0.717) is 19.3 Å². The number of hydrogen-bond acceptors (Lipinski definition) is 6. The van der Waals surface area contributed by atoms with Gasteiger partial charge in [0.1, 0.15) is 13.2 Å². The molecule has 0 aliphatic rings. The minimum absolute atomic E-state index is 0.0657. The summed E-state index contributed by atoms with van der Waals surface area (Å²) in [7, 11) is 0. The van der Waals surface area contributed by atoms with Gasteiger partial charge in [0, 0.05) is 19.3 Å². The lowest BCUT2D eigenvalue weighted by Gasteiger charge is -2.18. The number of hydrogen-bond donors (Lipinski definition) is 0. The van der Waals surface area contributed by atoms with Crippen LogP contribution in [0.2, 0.25) is 0 Å². The molecule has 0 aliphatic carbocycles. The summed E-state index contributed by atoms with van der Waals surface area (Å²) in [5.74, 6) is 0.764. The van der Waals surface area contributed by atoms with Gasteiger partial charge in [-0.2, -0.15) is 0 Å². The third kappa shape index (κ3) is 39.5. The first-order valence-electron chi connectivity index (χ1n) is 22.2. The second-order valence-corrected chi connectivity index (χ2v) is 16.3. The van der Waals surface area contributed by atoms with Crippen LogP contribution >= 0.6 is 0 Å². The molecule has 0 aliphatic heterocycles. The van der Waals surface area contributed by atoms with Crippen LogP contribution in [0.25, 0.3) is 0 Å². The van der Waals surface area contributed by atoms with Crippen LogP contribution in [0, 0.1) is 11.8 Å². The molecule has 0 aromatic carbocycles. The molecular formula is C45H86O6. The first kappa shape index (κ1) is 49.4. The fourth-order valence-electron chi connectivity index (χ4n) is 6.58. The van der Waals surface area contributed by atoms with Crippen molar-refractivity contribution in [1.29, 1.82) is 0 Å². The van der Waals surface area contributed by atoms with Gasteiger partial charge in [-0.15, -0.1) is 0 Å².